The van der Waals surface area contributed by atoms with Gasteiger partial charge in [-0.1, -0.05) is 29.8 Å². The van der Waals surface area contributed by atoms with Crippen molar-refractivity contribution in [2.75, 3.05) is 11.4 Å². The van der Waals surface area contributed by atoms with E-state index in [9.17, 15) is 22.8 Å². The molecule has 1 aliphatic heterocycles. The standard InChI is InChI=1S/C26H24IN3O5S/c1-17-2-6-19(7-3-17)25(32)29(15-14-18-4-12-22(13-5-18)36(28,34)35)23-16-24(31)30(26(23)33)21-10-8-20(27)9-11-21/h2-13,23H,14-16H2,1H3,(H2,28,34,35). The summed E-state index contributed by atoms with van der Waals surface area (Å²) in [4.78, 5) is 42.4. The maximum atomic E-state index is 13.5. The molecular weight excluding hydrogens is 593 g/mol. The molecule has 3 amide bonds. The fourth-order valence-corrected chi connectivity index (χ4v) is 4.95. The summed E-state index contributed by atoms with van der Waals surface area (Å²) < 4.78 is 24.0. The van der Waals surface area contributed by atoms with Crippen LogP contribution in [0.3, 0.4) is 0 Å². The van der Waals surface area contributed by atoms with Crippen LogP contribution in [0.2, 0.25) is 0 Å². The van der Waals surface area contributed by atoms with Gasteiger partial charge in [-0.25, -0.2) is 18.5 Å². The second-order valence-corrected chi connectivity index (χ2v) is 11.4. The molecular formula is C26H24IN3O5S. The first-order chi connectivity index (χ1) is 17.0. The van der Waals surface area contributed by atoms with E-state index in [1.807, 2.05) is 31.2 Å². The fraction of sp³-hybridized carbons (Fsp3) is 0.192. The molecule has 0 saturated carbocycles. The van der Waals surface area contributed by atoms with Crippen molar-refractivity contribution >= 4 is 56.0 Å². The van der Waals surface area contributed by atoms with Gasteiger partial charge in [0.15, 0.2) is 0 Å². The van der Waals surface area contributed by atoms with E-state index in [1.54, 1.807) is 36.4 Å². The summed E-state index contributed by atoms with van der Waals surface area (Å²) >= 11 is 2.14. The number of primary sulfonamides is 1. The molecule has 3 aromatic rings. The van der Waals surface area contributed by atoms with E-state index in [4.69, 9.17) is 5.14 Å². The molecule has 36 heavy (non-hydrogen) atoms. The van der Waals surface area contributed by atoms with Gasteiger partial charge in [0.2, 0.25) is 15.9 Å². The number of aryl methyl sites for hydroxylation is 1. The Balaban J connectivity index is 1.62. The molecule has 1 atom stereocenters. The first-order valence-electron chi connectivity index (χ1n) is 11.2. The summed E-state index contributed by atoms with van der Waals surface area (Å²) in [5.74, 6) is -1.18. The lowest BCUT2D eigenvalue weighted by Crippen LogP contribution is -2.46. The fourth-order valence-electron chi connectivity index (χ4n) is 4.08. The van der Waals surface area contributed by atoms with E-state index in [1.165, 1.54) is 17.0 Å². The molecule has 1 aliphatic rings. The second kappa shape index (κ2) is 10.5. The highest BCUT2D eigenvalue weighted by atomic mass is 127. The van der Waals surface area contributed by atoms with Crippen LogP contribution in [0, 0.1) is 10.5 Å². The molecule has 1 fully saturated rings. The number of amides is 3. The maximum absolute atomic E-state index is 13.5. The van der Waals surface area contributed by atoms with E-state index in [0.29, 0.717) is 17.7 Å². The molecule has 1 saturated heterocycles. The number of carbonyl (C=O) groups is 3. The normalized spacial score (nSPS) is 15.9. The Labute approximate surface area is 223 Å². The van der Waals surface area contributed by atoms with E-state index in [0.717, 1.165) is 19.6 Å². The van der Waals surface area contributed by atoms with Gasteiger partial charge in [-0.15, -0.1) is 0 Å². The summed E-state index contributed by atoms with van der Waals surface area (Å²) in [5.41, 5.74) is 2.63. The first-order valence-corrected chi connectivity index (χ1v) is 13.8. The number of imide groups is 1. The third-order valence-corrected chi connectivity index (χ3v) is 7.68. The third-order valence-electron chi connectivity index (χ3n) is 6.04. The molecule has 4 rings (SSSR count). The van der Waals surface area contributed by atoms with Crippen LogP contribution in [0.1, 0.15) is 27.9 Å². The van der Waals surface area contributed by atoms with Crippen molar-refractivity contribution in [2.24, 2.45) is 5.14 Å². The van der Waals surface area contributed by atoms with Crippen LogP contribution in [0.4, 0.5) is 5.69 Å². The van der Waals surface area contributed by atoms with Gasteiger partial charge < -0.3 is 4.90 Å². The quantitative estimate of drug-likeness (QED) is 0.323. The maximum Gasteiger partial charge on any atom is 0.257 e. The molecule has 0 aromatic heterocycles. The lowest BCUT2D eigenvalue weighted by Gasteiger charge is -2.28. The van der Waals surface area contributed by atoms with Crippen LogP contribution in [-0.4, -0.2) is 43.6 Å². The number of hydrogen-bond donors (Lipinski definition) is 1. The predicted molar refractivity (Wildman–Crippen MR) is 144 cm³/mol. The van der Waals surface area contributed by atoms with Gasteiger partial charge in [-0.05, 0) is 90.0 Å². The van der Waals surface area contributed by atoms with E-state index in [2.05, 4.69) is 22.6 Å². The molecule has 0 spiro atoms. The minimum Gasteiger partial charge on any atom is -0.326 e. The van der Waals surface area contributed by atoms with E-state index < -0.39 is 22.0 Å². The van der Waals surface area contributed by atoms with Crippen LogP contribution >= 0.6 is 22.6 Å². The van der Waals surface area contributed by atoms with Crippen LogP contribution in [0.25, 0.3) is 0 Å². The highest BCUT2D eigenvalue weighted by molar-refractivity contribution is 14.1. The number of benzene rings is 3. The first kappa shape index (κ1) is 26.0. The third kappa shape index (κ3) is 5.66. The Kier molecular flexibility index (Phi) is 7.57. The van der Waals surface area contributed by atoms with Gasteiger partial charge in [-0.2, -0.15) is 0 Å². The number of carbonyl (C=O) groups excluding carboxylic acids is 3. The van der Waals surface area contributed by atoms with Gasteiger partial charge in [0, 0.05) is 15.7 Å². The summed E-state index contributed by atoms with van der Waals surface area (Å²) in [6.45, 7) is 2.07. The smallest absolute Gasteiger partial charge is 0.257 e. The van der Waals surface area contributed by atoms with Crippen molar-refractivity contribution in [3.05, 3.63) is 93.1 Å². The van der Waals surface area contributed by atoms with Gasteiger partial charge in [0.1, 0.15) is 6.04 Å². The van der Waals surface area contributed by atoms with Gasteiger partial charge in [0.25, 0.3) is 11.8 Å². The lowest BCUT2D eigenvalue weighted by atomic mass is 10.1. The number of anilines is 1. The van der Waals surface area contributed by atoms with Crippen molar-refractivity contribution in [1.82, 2.24) is 4.90 Å². The Morgan fingerprint density at radius 2 is 1.61 bits per heavy atom. The predicted octanol–water partition coefficient (Wildman–Crippen LogP) is 3.26. The van der Waals surface area contributed by atoms with Crippen LogP contribution in [0.5, 0.6) is 0 Å². The molecule has 10 heteroatoms. The Bertz CT molecular complexity index is 1410. The zero-order valence-corrected chi connectivity index (χ0v) is 22.4. The number of nitrogens with zero attached hydrogens (tertiary/aromatic N) is 2. The second-order valence-electron chi connectivity index (χ2n) is 8.57. The molecule has 0 bridgehead atoms. The highest BCUT2D eigenvalue weighted by Crippen LogP contribution is 2.27. The van der Waals surface area contributed by atoms with E-state index in [-0.39, 0.29) is 29.7 Å². The number of hydrogen-bond acceptors (Lipinski definition) is 5. The highest BCUT2D eigenvalue weighted by Gasteiger charge is 2.44. The summed E-state index contributed by atoms with van der Waals surface area (Å²) in [6, 6.07) is 19.2. The monoisotopic (exact) mass is 617 g/mol. The SMILES string of the molecule is Cc1ccc(C(=O)N(CCc2ccc(S(N)(=O)=O)cc2)C2CC(=O)N(c3ccc(I)cc3)C2=O)cc1. The molecule has 8 nitrogen and oxygen atoms in total. The van der Waals surface area contributed by atoms with Crippen molar-refractivity contribution in [3.8, 4) is 0 Å². The molecule has 3 aromatic carbocycles. The molecule has 186 valence electrons. The number of rotatable bonds is 7. The Morgan fingerprint density at radius 1 is 1.00 bits per heavy atom. The van der Waals surface area contributed by atoms with Crippen molar-refractivity contribution in [2.45, 2.75) is 30.7 Å². The van der Waals surface area contributed by atoms with Crippen molar-refractivity contribution < 1.29 is 22.8 Å². The molecule has 0 aliphatic carbocycles. The Morgan fingerprint density at radius 3 is 2.19 bits per heavy atom. The summed E-state index contributed by atoms with van der Waals surface area (Å²) in [5, 5.41) is 5.17. The summed E-state index contributed by atoms with van der Waals surface area (Å²) in [6.07, 6.45) is 0.233. The largest absolute Gasteiger partial charge is 0.326 e. The lowest BCUT2D eigenvalue weighted by molar-refractivity contribution is -0.122. The molecule has 1 heterocycles. The van der Waals surface area contributed by atoms with Crippen molar-refractivity contribution in [1.29, 1.82) is 0 Å². The Hall–Kier alpha value is -3.09. The van der Waals surface area contributed by atoms with Crippen LogP contribution in [-0.2, 0) is 26.0 Å². The number of sulfonamides is 1. The van der Waals surface area contributed by atoms with Crippen LogP contribution < -0.4 is 10.0 Å². The average Bonchev–Trinajstić information content (AvgIpc) is 3.13. The van der Waals surface area contributed by atoms with E-state index >= 15 is 0 Å². The van der Waals surface area contributed by atoms with Crippen molar-refractivity contribution in [3.63, 3.8) is 0 Å². The molecule has 1 unspecified atom stereocenters. The zero-order chi connectivity index (χ0) is 26.0. The van der Waals surface area contributed by atoms with Gasteiger partial charge in [-0.3, -0.25) is 14.4 Å². The minimum atomic E-state index is -3.82. The molecule has 2 N–H and O–H groups in total. The summed E-state index contributed by atoms with van der Waals surface area (Å²) in [7, 11) is -3.82. The average molecular weight is 617 g/mol. The molecule has 0 radical (unpaired) electrons. The minimum absolute atomic E-state index is 0.0106. The number of halogens is 1. The zero-order valence-electron chi connectivity index (χ0n) is 19.4. The van der Waals surface area contributed by atoms with Gasteiger partial charge in [0.05, 0.1) is 17.0 Å². The topological polar surface area (TPSA) is 118 Å². The van der Waals surface area contributed by atoms with Crippen LogP contribution in [0.15, 0.2) is 77.7 Å². The van der Waals surface area contributed by atoms with Gasteiger partial charge >= 0.3 is 0 Å². The number of nitrogens with two attached hydrogens (primary N) is 1.